The molecular weight excluding hydrogens is 206 g/mol. The molecule has 0 aliphatic carbocycles. The maximum Gasteiger partial charge on any atom is 0.422 e. The molecule has 0 spiro atoms. The highest BCUT2D eigenvalue weighted by Gasteiger charge is 2.04. The highest BCUT2D eigenvalue weighted by Crippen LogP contribution is 1.98. The van der Waals surface area contributed by atoms with Gasteiger partial charge in [-0.25, -0.2) is 9.36 Å². The smallest absolute Gasteiger partial charge is 0.415 e. The number of aryl methyl sites for hydroxylation is 1. The molecule has 0 unspecified atom stereocenters. The van der Waals surface area contributed by atoms with E-state index in [9.17, 15) is 9.59 Å². The lowest BCUT2D eigenvalue weighted by Gasteiger charge is -2.03. The Hall–Kier alpha value is -2.10. The molecular formula is C12H11NO3. The molecule has 0 saturated carbocycles. The first-order valence-corrected chi connectivity index (χ1v) is 4.92. The van der Waals surface area contributed by atoms with Gasteiger partial charge in [-0.05, 0) is 12.5 Å². The third kappa shape index (κ3) is 2.11. The van der Waals surface area contributed by atoms with E-state index in [-0.39, 0.29) is 12.1 Å². The van der Waals surface area contributed by atoms with Gasteiger partial charge in [-0.2, -0.15) is 0 Å². The van der Waals surface area contributed by atoms with Crippen molar-refractivity contribution in [2.24, 2.45) is 0 Å². The van der Waals surface area contributed by atoms with E-state index in [1.165, 1.54) is 6.07 Å². The van der Waals surface area contributed by atoms with Crippen LogP contribution in [-0.2, 0) is 6.54 Å². The second-order valence-electron chi connectivity index (χ2n) is 3.53. The standard InChI is InChI=1S/C12H11NO3/c1-9-7-11(14)13(12(15)16-9)8-10-5-3-2-4-6-10/h2-7H,8H2,1H3. The molecule has 0 atom stereocenters. The summed E-state index contributed by atoms with van der Waals surface area (Å²) in [5.74, 6) is -0.284. The van der Waals surface area contributed by atoms with Crippen LogP contribution in [0.3, 0.4) is 0 Å². The minimum absolute atomic E-state index is 0.238. The molecule has 4 heteroatoms. The Balaban J connectivity index is 2.44. The van der Waals surface area contributed by atoms with Gasteiger partial charge in [0.05, 0.1) is 6.54 Å². The van der Waals surface area contributed by atoms with Gasteiger partial charge in [0.25, 0.3) is 5.56 Å². The maximum atomic E-state index is 11.6. The van der Waals surface area contributed by atoms with E-state index >= 15 is 0 Å². The molecule has 0 bridgehead atoms. The zero-order valence-electron chi connectivity index (χ0n) is 8.84. The molecule has 4 nitrogen and oxygen atoms in total. The quantitative estimate of drug-likeness (QED) is 0.758. The molecule has 1 aromatic carbocycles. The lowest BCUT2D eigenvalue weighted by Crippen LogP contribution is -2.32. The lowest BCUT2D eigenvalue weighted by molar-refractivity contribution is 0.409. The Morgan fingerprint density at radius 1 is 1.19 bits per heavy atom. The monoisotopic (exact) mass is 217 g/mol. The Bertz CT molecular complexity index is 564. The number of hydrogen-bond acceptors (Lipinski definition) is 3. The van der Waals surface area contributed by atoms with E-state index in [0.717, 1.165) is 10.1 Å². The predicted molar refractivity (Wildman–Crippen MR) is 59.5 cm³/mol. The van der Waals surface area contributed by atoms with Gasteiger partial charge >= 0.3 is 5.76 Å². The first kappa shape index (κ1) is 10.4. The molecule has 2 rings (SSSR count). The summed E-state index contributed by atoms with van der Waals surface area (Å²) in [6.07, 6.45) is 0. The summed E-state index contributed by atoms with van der Waals surface area (Å²) < 4.78 is 5.94. The van der Waals surface area contributed by atoms with Crippen LogP contribution < -0.4 is 11.3 Å². The third-order valence-electron chi connectivity index (χ3n) is 2.24. The van der Waals surface area contributed by atoms with E-state index < -0.39 is 5.76 Å². The van der Waals surface area contributed by atoms with Crippen molar-refractivity contribution in [1.29, 1.82) is 0 Å². The number of benzene rings is 1. The normalized spacial score (nSPS) is 10.3. The fraction of sp³-hybridized carbons (Fsp3) is 0.167. The highest BCUT2D eigenvalue weighted by molar-refractivity contribution is 5.15. The largest absolute Gasteiger partial charge is 0.422 e. The number of aromatic nitrogens is 1. The van der Waals surface area contributed by atoms with Gasteiger partial charge < -0.3 is 4.42 Å². The molecule has 0 amide bonds. The number of hydrogen-bond donors (Lipinski definition) is 0. The summed E-state index contributed by atoms with van der Waals surface area (Å²) in [5.41, 5.74) is 0.554. The van der Waals surface area contributed by atoms with Gasteiger partial charge in [0.1, 0.15) is 5.76 Å². The van der Waals surface area contributed by atoms with Crippen molar-refractivity contribution in [3.63, 3.8) is 0 Å². The second kappa shape index (κ2) is 4.18. The lowest BCUT2D eigenvalue weighted by atomic mass is 10.2. The zero-order chi connectivity index (χ0) is 11.5. The van der Waals surface area contributed by atoms with Gasteiger partial charge in [-0.1, -0.05) is 30.3 Å². The Kier molecular flexibility index (Phi) is 2.72. The van der Waals surface area contributed by atoms with Crippen molar-refractivity contribution in [1.82, 2.24) is 4.57 Å². The molecule has 1 heterocycles. The predicted octanol–water partition coefficient (Wildman–Crippen LogP) is 1.16. The van der Waals surface area contributed by atoms with Gasteiger partial charge in [-0.3, -0.25) is 4.79 Å². The maximum absolute atomic E-state index is 11.6. The molecule has 82 valence electrons. The highest BCUT2D eigenvalue weighted by atomic mass is 16.4. The molecule has 0 aliphatic heterocycles. The van der Waals surface area contributed by atoms with Crippen LogP contribution in [0.25, 0.3) is 0 Å². The SMILES string of the molecule is Cc1cc(=O)n(Cc2ccccc2)c(=O)o1. The zero-order valence-corrected chi connectivity index (χ0v) is 8.84. The number of nitrogens with zero attached hydrogens (tertiary/aromatic N) is 1. The Morgan fingerprint density at radius 2 is 1.88 bits per heavy atom. The molecule has 0 aliphatic rings. The molecule has 0 radical (unpaired) electrons. The fourth-order valence-electron chi connectivity index (χ4n) is 1.47. The van der Waals surface area contributed by atoms with E-state index in [0.29, 0.717) is 5.76 Å². The average molecular weight is 217 g/mol. The van der Waals surface area contributed by atoms with Crippen molar-refractivity contribution >= 4 is 0 Å². The minimum atomic E-state index is -0.617. The molecule has 1 aromatic heterocycles. The van der Waals surface area contributed by atoms with Gasteiger partial charge in [0.2, 0.25) is 0 Å². The molecule has 2 aromatic rings. The van der Waals surface area contributed by atoms with Crippen molar-refractivity contribution in [2.75, 3.05) is 0 Å². The first-order valence-electron chi connectivity index (χ1n) is 4.92. The summed E-state index contributed by atoms with van der Waals surface area (Å²) in [4.78, 5) is 23.0. The van der Waals surface area contributed by atoms with E-state index in [1.54, 1.807) is 6.92 Å². The van der Waals surface area contributed by atoms with Crippen LogP contribution >= 0.6 is 0 Å². The number of rotatable bonds is 2. The van der Waals surface area contributed by atoms with E-state index in [1.807, 2.05) is 30.3 Å². The topological polar surface area (TPSA) is 52.2 Å². The van der Waals surface area contributed by atoms with Crippen LogP contribution in [-0.4, -0.2) is 4.57 Å². The van der Waals surface area contributed by atoms with Crippen LogP contribution in [0, 0.1) is 6.92 Å². The van der Waals surface area contributed by atoms with Crippen molar-refractivity contribution in [3.05, 3.63) is 68.6 Å². The van der Waals surface area contributed by atoms with Crippen LogP contribution in [0.15, 0.2) is 50.4 Å². The Morgan fingerprint density at radius 3 is 2.50 bits per heavy atom. The molecule has 0 saturated heterocycles. The minimum Gasteiger partial charge on any atom is -0.415 e. The second-order valence-corrected chi connectivity index (χ2v) is 3.53. The summed E-state index contributed by atoms with van der Waals surface area (Å²) in [7, 11) is 0. The molecule has 0 fully saturated rings. The summed E-state index contributed by atoms with van der Waals surface area (Å²) in [6.45, 7) is 1.82. The third-order valence-corrected chi connectivity index (χ3v) is 2.24. The first-order chi connectivity index (χ1) is 7.66. The molecule has 0 N–H and O–H groups in total. The van der Waals surface area contributed by atoms with Gasteiger partial charge in [0.15, 0.2) is 0 Å². The summed E-state index contributed by atoms with van der Waals surface area (Å²) >= 11 is 0. The average Bonchev–Trinajstić information content (AvgIpc) is 2.25. The van der Waals surface area contributed by atoms with Gasteiger partial charge in [0, 0.05) is 6.07 Å². The summed E-state index contributed by atoms with van der Waals surface area (Å²) in [6, 6.07) is 10.6. The van der Waals surface area contributed by atoms with Crippen molar-refractivity contribution in [2.45, 2.75) is 13.5 Å². The van der Waals surface area contributed by atoms with Gasteiger partial charge in [-0.15, -0.1) is 0 Å². The van der Waals surface area contributed by atoms with Crippen LogP contribution in [0.4, 0.5) is 0 Å². The van der Waals surface area contributed by atoms with E-state index in [4.69, 9.17) is 4.42 Å². The van der Waals surface area contributed by atoms with Crippen LogP contribution in [0.2, 0.25) is 0 Å². The van der Waals surface area contributed by atoms with E-state index in [2.05, 4.69) is 0 Å². The summed E-state index contributed by atoms with van der Waals surface area (Å²) in [5, 5.41) is 0. The van der Waals surface area contributed by atoms with Crippen LogP contribution in [0.1, 0.15) is 11.3 Å². The van der Waals surface area contributed by atoms with Crippen molar-refractivity contribution < 1.29 is 4.42 Å². The van der Waals surface area contributed by atoms with Crippen LogP contribution in [0.5, 0.6) is 0 Å². The fourth-order valence-corrected chi connectivity index (χ4v) is 1.47. The Labute approximate surface area is 91.8 Å². The van der Waals surface area contributed by atoms with Crippen molar-refractivity contribution in [3.8, 4) is 0 Å². The molecule has 16 heavy (non-hydrogen) atoms.